The summed E-state index contributed by atoms with van der Waals surface area (Å²) >= 11 is 0. The van der Waals surface area contributed by atoms with E-state index in [1.54, 1.807) is 6.07 Å². The number of anilines is 2. The average Bonchev–Trinajstić information content (AvgIpc) is 3.55. The first-order chi connectivity index (χ1) is 15.8. The van der Waals surface area contributed by atoms with E-state index in [4.69, 9.17) is 5.73 Å². The van der Waals surface area contributed by atoms with Crippen LogP contribution < -0.4 is 16.0 Å². The molecule has 166 valence electrons. The van der Waals surface area contributed by atoms with Gasteiger partial charge >= 0.3 is 0 Å². The summed E-state index contributed by atoms with van der Waals surface area (Å²) in [5.74, 6) is -0.506. The van der Waals surface area contributed by atoms with Gasteiger partial charge in [-0.15, -0.1) is 0 Å². The molecule has 12 heteroatoms. The van der Waals surface area contributed by atoms with Crippen LogP contribution in [0.15, 0.2) is 41.6 Å². The van der Waals surface area contributed by atoms with Gasteiger partial charge in [0, 0.05) is 28.7 Å². The van der Waals surface area contributed by atoms with Crippen molar-refractivity contribution < 1.29 is 12.8 Å². The van der Waals surface area contributed by atoms with Crippen LogP contribution >= 0.6 is 0 Å². The molecule has 1 fully saturated rings. The van der Waals surface area contributed by atoms with Gasteiger partial charge in [-0.2, -0.15) is 5.10 Å². The molecule has 5 N–H and O–H groups in total. The number of aromatic amines is 2. The summed E-state index contributed by atoms with van der Waals surface area (Å²) < 4.78 is 42.3. The minimum atomic E-state index is -3.61. The van der Waals surface area contributed by atoms with Gasteiger partial charge in [0.25, 0.3) is 5.56 Å². The van der Waals surface area contributed by atoms with E-state index in [1.165, 1.54) is 30.7 Å². The summed E-state index contributed by atoms with van der Waals surface area (Å²) in [6, 6.07) is 4.33. The number of halogens is 1. The third-order valence-electron chi connectivity index (χ3n) is 5.82. The Bertz CT molecular complexity index is 1770. The molecule has 1 aliphatic rings. The predicted molar refractivity (Wildman–Crippen MR) is 123 cm³/mol. The van der Waals surface area contributed by atoms with Crippen LogP contribution in [-0.4, -0.2) is 38.8 Å². The van der Waals surface area contributed by atoms with Crippen LogP contribution in [0.4, 0.5) is 15.8 Å². The highest BCUT2D eigenvalue weighted by Crippen LogP contribution is 2.40. The Morgan fingerprint density at radius 1 is 1.09 bits per heavy atom. The van der Waals surface area contributed by atoms with Gasteiger partial charge in [0.1, 0.15) is 28.1 Å². The normalized spacial score (nSPS) is 14.3. The third kappa shape index (κ3) is 2.94. The van der Waals surface area contributed by atoms with Crippen molar-refractivity contribution in [2.45, 2.75) is 18.1 Å². The molecule has 1 saturated carbocycles. The van der Waals surface area contributed by atoms with E-state index in [1.807, 2.05) is 0 Å². The molecular weight excluding hydrogens is 449 g/mol. The van der Waals surface area contributed by atoms with Gasteiger partial charge in [-0.1, -0.05) is 6.07 Å². The number of aromatic nitrogens is 5. The Hall–Kier alpha value is -4.06. The summed E-state index contributed by atoms with van der Waals surface area (Å²) in [4.78, 5) is 24.2. The molecule has 0 aliphatic heterocycles. The first kappa shape index (κ1) is 19.6. The fourth-order valence-corrected chi connectivity index (χ4v) is 5.48. The van der Waals surface area contributed by atoms with Gasteiger partial charge in [-0.25, -0.2) is 12.8 Å². The zero-order chi connectivity index (χ0) is 22.9. The molecule has 0 bridgehead atoms. The summed E-state index contributed by atoms with van der Waals surface area (Å²) in [5, 5.41) is 6.92. The van der Waals surface area contributed by atoms with Crippen molar-refractivity contribution in [1.29, 1.82) is 0 Å². The van der Waals surface area contributed by atoms with E-state index in [0.717, 1.165) is 0 Å². The van der Waals surface area contributed by atoms with E-state index >= 15 is 0 Å². The minimum absolute atomic E-state index is 0.101. The Morgan fingerprint density at radius 2 is 1.85 bits per heavy atom. The first-order valence-electron chi connectivity index (χ1n) is 10.1. The van der Waals surface area contributed by atoms with Crippen LogP contribution in [0.25, 0.3) is 44.0 Å². The molecule has 3 heterocycles. The highest BCUT2D eigenvalue weighted by atomic mass is 32.2. The molecular formula is C21H16FN7O3S. The first-order valence-corrected chi connectivity index (χ1v) is 11.6. The maximum atomic E-state index is 14.3. The number of hydrogen-bond acceptors (Lipinski definition) is 7. The minimum Gasteiger partial charge on any atom is -0.394 e. The summed E-state index contributed by atoms with van der Waals surface area (Å²) in [6.45, 7) is 0. The predicted octanol–water partition coefficient (Wildman–Crippen LogP) is 2.64. The van der Waals surface area contributed by atoms with Crippen LogP contribution in [0.1, 0.15) is 12.8 Å². The number of rotatable bonds is 4. The van der Waals surface area contributed by atoms with Crippen LogP contribution in [0.2, 0.25) is 0 Å². The Balaban J connectivity index is 1.74. The van der Waals surface area contributed by atoms with Gasteiger partial charge in [0.2, 0.25) is 10.0 Å². The highest BCUT2D eigenvalue weighted by Gasteiger charge is 2.36. The van der Waals surface area contributed by atoms with E-state index in [9.17, 15) is 17.6 Å². The molecule has 5 aromatic rings. The lowest BCUT2D eigenvalue weighted by atomic mass is 9.96. The molecule has 33 heavy (non-hydrogen) atoms. The van der Waals surface area contributed by atoms with Crippen molar-refractivity contribution in [2.24, 2.45) is 0 Å². The smallest absolute Gasteiger partial charge is 0.272 e. The zero-order valence-corrected chi connectivity index (χ0v) is 17.7. The standard InChI is InChI=1S/C21H16FN7O3S/c22-13-4-3-10(12-8-26-28-17(12)13)15-11-7-14(29-33(31,32)9-1-2-9)19-20(25-6-5-24-19)18(11)27-21(30)16(15)23/h3-9,29H,1-2,23H2,(H,26,28)(H,27,30). The molecule has 0 amide bonds. The van der Waals surface area contributed by atoms with E-state index in [0.29, 0.717) is 45.8 Å². The Morgan fingerprint density at radius 3 is 2.61 bits per heavy atom. The molecule has 1 aliphatic carbocycles. The summed E-state index contributed by atoms with van der Waals surface area (Å²) in [5.41, 5.74) is 7.64. The van der Waals surface area contributed by atoms with Crippen molar-refractivity contribution in [3.8, 4) is 11.1 Å². The molecule has 0 spiro atoms. The quantitative estimate of drug-likeness (QED) is 0.297. The van der Waals surface area contributed by atoms with Gasteiger partial charge in [0.15, 0.2) is 0 Å². The van der Waals surface area contributed by atoms with Crippen LogP contribution in [0.5, 0.6) is 0 Å². The van der Waals surface area contributed by atoms with E-state index in [2.05, 4.69) is 29.9 Å². The number of pyridine rings is 1. The lowest BCUT2D eigenvalue weighted by Gasteiger charge is -2.15. The molecule has 3 aromatic heterocycles. The van der Waals surface area contributed by atoms with Gasteiger partial charge in [0.05, 0.1) is 22.7 Å². The maximum Gasteiger partial charge on any atom is 0.272 e. The molecule has 0 saturated heterocycles. The zero-order valence-electron chi connectivity index (χ0n) is 16.9. The van der Waals surface area contributed by atoms with Crippen molar-refractivity contribution in [3.63, 3.8) is 0 Å². The summed E-state index contributed by atoms with van der Waals surface area (Å²) in [6.07, 6.45) is 5.51. The highest BCUT2D eigenvalue weighted by molar-refractivity contribution is 7.93. The number of nitrogens with zero attached hydrogens (tertiary/aromatic N) is 3. The molecule has 0 unspecified atom stereocenters. The summed E-state index contributed by atoms with van der Waals surface area (Å²) in [7, 11) is -3.61. The maximum absolute atomic E-state index is 14.3. The number of nitrogens with one attached hydrogen (secondary N) is 3. The number of nitrogens with two attached hydrogens (primary N) is 1. The number of fused-ring (bicyclic) bond motifs is 4. The van der Waals surface area contributed by atoms with Crippen molar-refractivity contribution in [2.75, 3.05) is 10.5 Å². The van der Waals surface area contributed by atoms with Gasteiger partial charge in [-0.3, -0.25) is 24.6 Å². The number of H-pyrrole nitrogens is 2. The second kappa shape index (κ2) is 6.72. The molecule has 0 radical (unpaired) electrons. The Labute approximate surface area is 185 Å². The largest absolute Gasteiger partial charge is 0.394 e. The number of benzene rings is 2. The molecule has 0 atom stereocenters. The SMILES string of the molecule is Nc1c(-c2ccc(F)c3[nH]ncc23)c2cc(NS(=O)(=O)C3CC3)c3nccnc3c2[nH]c1=O. The van der Waals surface area contributed by atoms with Gasteiger partial charge in [-0.05, 0) is 30.5 Å². The monoisotopic (exact) mass is 465 g/mol. The van der Waals surface area contributed by atoms with E-state index in [-0.39, 0.29) is 22.4 Å². The van der Waals surface area contributed by atoms with Crippen molar-refractivity contribution in [3.05, 3.63) is 53.0 Å². The van der Waals surface area contributed by atoms with Crippen LogP contribution in [0, 0.1) is 5.82 Å². The number of hydrogen-bond donors (Lipinski definition) is 4. The topological polar surface area (TPSA) is 160 Å². The molecule has 6 rings (SSSR count). The fourth-order valence-electron chi connectivity index (χ4n) is 4.10. The van der Waals surface area contributed by atoms with E-state index < -0.39 is 26.6 Å². The third-order valence-corrected chi connectivity index (χ3v) is 7.67. The molecule has 10 nitrogen and oxygen atoms in total. The van der Waals surface area contributed by atoms with Crippen molar-refractivity contribution >= 4 is 54.2 Å². The lowest BCUT2D eigenvalue weighted by Crippen LogP contribution is -2.18. The second-order valence-electron chi connectivity index (χ2n) is 7.94. The molecule has 2 aromatic carbocycles. The van der Waals surface area contributed by atoms with Gasteiger partial charge < -0.3 is 10.7 Å². The average molecular weight is 465 g/mol. The number of sulfonamides is 1. The van der Waals surface area contributed by atoms with Crippen LogP contribution in [-0.2, 0) is 10.0 Å². The van der Waals surface area contributed by atoms with Crippen molar-refractivity contribution in [1.82, 2.24) is 25.1 Å². The number of nitrogen functional groups attached to an aromatic ring is 1. The van der Waals surface area contributed by atoms with Crippen LogP contribution in [0.3, 0.4) is 0 Å². The fraction of sp³-hybridized carbons (Fsp3) is 0.143. The Kier molecular flexibility index (Phi) is 3.99. The lowest BCUT2D eigenvalue weighted by molar-refractivity contribution is 0.600. The second-order valence-corrected chi connectivity index (χ2v) is 9.90.